The van der Waals surface area contributed by atoms with Crippen LogP contribution in [0.4, 0.5) is 0 Å². The summed E-state index contributed by atoms with van der Waals surface area (Å²) in [7, 11) is 0. The van der Waals surface area contributed by atoms with Gasteiger partial charge in [0, 0.05) is 5.02 Å². The zero-order valence-corrected chi connectivity index (χ0v) is 12.2. The van der Waals surface area contributed by atoms with Crippen LogP contribution in [0.3, 0.4) is 0 Å². The molecule has 3 rings (SSSR count). The molecule has 104 valence electrons. The van der Waals surface area contributed by atoms with Gasteiger partial charge in [-0.15, -0.1) is 0 Å². The van der Waals surface area contributed by atoms with Crippen LogP contribution >= 0.6 is 11.6 Å². The molecule has 2 nitrogen and oxygen atoms in total. The quantitative estimate of drug-likeness (QED) is 0.913. The first-order chi connectivity index (χ1) is 9.61. The molecule has 3 heteroatoms. The molecule has 0 bridgehead atoms. The summed E-state index contributed by atoms with van der Waals surface area (Å²) in [5.41, 5.74) is 9.54. The van der Waals surface area contributed by atoms with Gasteiger partial charge in [0.1, 0.15) is 5.75 Å². The molecule has 1 fully saturated rings. The molecule has 1 aliphatic rings. The Morgan fingerprint density at radius 1 is 1.10 bits per heavy atom. The smallest absolute Gasteiger partial charge is 0.119 e. The number of aryl methyl sites for hydroxylation is 1. The van der Waals surface area contributed by atoms with Gasteiger partial charge in [0.2, 0.25) is 0 Å². The average molecular weight is 288 g/mol. The molecule has 0 saturated heterocycles. The number of hydrogen-bond acceptors (Lipinski definition) is 2. The summed E-state index contributed by atoms with van der Waals surface area (Å²) in [6.45, 7) is 2.02. The Bertz CT molecular complexity index is 585. The van der Waals surface area contributed by atoms with Gasteiger partial charge in [-0.1, -0.05) is 29.8 Å². The summed E-state index contributed by atoms with van der Waals surface area (Å²) >= 11 is 6.10. The van der Waals surface area contributed by atoms with Gasteiger partial charge in [-0.3, -0.25) is 0 Å². The van der Waals surface area contributed by atoms with Crippen LogP contribution in [0.1, 0.15) is 35.6 Å². The second-order valence-corrected chi connectivity index (χ2v) is 5.86. The van der Waals surface area contributed by atoms with Crippen LogP contribution in [0.15, 0.2) is 42.5 Å². The molecule has 0 heterocycles. The molecule has 0 spiro atoms. The maximum atomic E-state index is 6.32. The van der Waals surface area contributed by atoms with Crippen molar-refractivity contribution in [2.45, 2.75) is 31.9 Å². The fourth-order valence-corrected chi connectivity index (χ4v) is 2.57. The Kier molecular flexibility index (Phi) is 3.68. The van der Waals surface area contributed by atoms with Gasteiger partial charge in [0.05, 0.1) is 12.1 Å². The van der Waals surface area contributed by atoms with E-state index in [1.54, 1.807) is 0 Å². The van der Waals surface area contributed by atoms with Gasteiger partial charge < -0.3 is 10.5 Å². The highest BCUT2D eigenvalue weighted by atomic mass is 35.5. The van der Waals surface area contributed by atoms with E-state index in [0.29, 0.717) is 6.10 Å². The lowest BCUT2D eigenvalue weighted by atomic mass is 9.98. The molecule has 1 unspecified atom stereocenters. The molecule has 2 N–H and O–H groups in total. The number of hydrogen-bond donors (Lipinski definition) is 1. The lowest BCUT2D eigenvalue weighted by molar-refractivity contribution is 0.303. The molecule has 2 aromatic rings. The van der Waals surface area contributed by atoms with Crippen molar-refractivity contribution in [3.63, 3.8) is 0 Å². The predicted octanol–water partition coefficient (Wildman–Crippen LogP) is 4.24. The lowest BCUT2D eigenvalue weighted by Gasteiger charge is -2.14. The van der Waals surface area contributed by atoms with Gasteiger partial charge in [-0.25, -0.2) is 0 Å². The van der Waals surface area contributed by atoms with Crippen LogP contribution < -0.4 is 10.5 Å². The topological polar surface area (TPSA) is 35.2 Å². The fourth-order valence-electron chi connectivity index (χ4n) is 2.27. The Labute approximate surface area is 124 Å². The van der Waals surface area contributed by atoms with Crippen molar-refractivity contribution in [3.05, 3.63) is 64.2 Å². The van der Waals surface area contributed by atoms with E-state index in [1.165, 1.54) is 12.8 Å². The van der Waals surface area contributed by atoms with Crippen LogP contribution in [0.25, 0.3) is 0 Å². The molecule has 2 aromatic carbocycles. The van der Waals surface area contributed by atoms with Crippen molar-refractivity contribution in [2.24, 2.45) is 5.73 Å². The first kappa shape index (κ1) is 13.5. The molecule has 1 aliphatic carbocycles. The molecule has 1 atom stereocenters. The van der Waals surface area contributed by atoms with E-state index in [-0.39, 0.29) is 6.04 Å². The van der Waals surface area contributed by atoms with Crippen molar-refractivity contribution in [3.8, 4) is 5.75 Å². The highest BCUT2D eigenvalue weighted by Crippen LogP contribution is 2.29. The van der Waals surface area contributed by atoms with E-state index in [4.69, 9.17) is 22.1 Å². The number of rotatable bonds is 4. The van der Waals surface area contributed by atoms with Crippen LogP contribution in [-0.4, -0.2) is 6.10 Å². The number of benzene rings is 2. The second-order valence-electron chi connectivity index (χ2n) is 5.43. The van der Waals surface area contributed by atoms with E-state index in [9.17, 15) is 0 Å². The number of ether oxygens (including phenoxy) is 1. The zero-order chi connectivity index (χ0) is 14.1. The van der Waals surface area contributed by atoms with Gasteiger partial charge in [-0.05, 0) is 60.7 Å². The van der Waals surface area contributed by atoms with Crippen molar-refractivity contribution in [1.82, 2.24) is 0 Å². The van der Waals surface area contributed by atoms with E-state index >= 15 is 0 Å². The van der Waals surface area contributed by atoms with Gasteiger partial charge >= 0.3 is 0 Å². The van der Waals surface area contributed by atoms with Crippen LogP contribution in [0, 0.1) is 6.92 Å². The highest BCUT2D eigenvalue weighted by Gasteiger charge is 2.23. The normalized spacial score (nSPS) is 15.9. The Morgan fingerprint density at radius 2 is 1.80 bits per heavy atom. The molecule has 1 saturated carbocycles. The second kappa shape index (κ2) is 5.47. The minimum atomic E-state index is -0.164. The molecular weight excluding hydrogens is 270 g/mol. The number of nitrogens with two attached hydrogens (primary N) is 1. The summed E-state index contributed by atoms with van der Waals surface area (Å²) in [5, 5.41) is 0.726. The minimum Gasteiger partial charge on any atom is -0.490 e. The van der Waals surface area contributed by atoms with Gasteiger partial charge in [0.25, 0.3) is 0 Å². The van der Waals surface area contributed by atoms with Crippen LogP contribution in [0.5, 0.6) is 5.75 Å². The Morgan fingerprint density at radius 3 is 2.40 bits per heavy atom. The summed E-state index contributed by atoms with van der Waals surface area (Å²) in [6.07, 6.45) is 2.76. The van der Waals surface area contributed by atoms with Crippen molar-refractivity contribution >= 4 is 11.6 Å². The van der Waals surface area contributed by atoms with Crippen molar-refractivity contribution < 1.29 is 4.74 Å². The van der Waals surface area contributed by atoms with Crippen LogP contribution in [0.2, 0.25) is 5.02 Å². The zero-order valence-electron chi connectivity index (χ0n) is 11.5. The van der Waals surface area contributed by atoms with E-state index in [0.717, 1.165) is 27.5 Å². The van der Waals surface area contributed by atoms with Gasteiger partial charge in [-0.2, -0.15) is 0 Å². The van der Waals surface area contributed by atoms with Crippen LogP contribution in [-0.2, 0) is 0 Å². The highest BCUT2D eigenvalue weighted by molar-refractivity contribution is 6.30. The molecule has 20 heavy (non-hydrogen) atoms. The van der Waals surface area contributed by atoms with Crippen molar-refractivity contribution in [1.29, 1.82) is 0 Å². The average Bonchev–Trinajstić information content (AvgIpc) is 3.22. The lowest BCUT2D eigenvalue weighted by Crippen LogP contribution is -2.12. The molecule has 0 aromatic heterocycles. The first-order valence-corrected chi connectivity index (χ1v) is 7.29. The Balaban J connectivity index is 1.79. The standard InChI is InChI=1S/C17H18ClNO/c1-11-8-13(10-14(18)9-11)17(19)12-2-4-15(5-3-12)20-16-6-7-16/h2-5,8-10,16-17H,6-7,19H2,1H3. The van der Waals surface area contributed by atoms with Gasteiger partial charge in [0.15, 0.2) is 0 Å². The SMILES string of the molecule is Cc1cc(Cl)cc(C(N)c2ccc(OC3CC3)cc2)c1. The summed E-state index contributed by atoms with van der Waals surface area (Å²) in [4.78, 5) is 0. The largest absolute Gasteiger partial charge is 0.490 e. The third-order valence-corrected chi connectivity index (χ3v) is 3.71. The maximum Gasteiger partial charge on any atom is 0.119 e. The summed E-state index contributed by atoms with van der Waals surface area (Å²) in [6, 6.07) is 13.8. The molecule has 0 radical (unpaired) electrons. The molecular formula is C17H18ClNO. The van der Waals surface area contributed by atoms with E-state index in [2.05, 4.69) is 6.07 Å². The number of halogens is 1. The molecule has 0 aliphatic heterocycles. The monoisotopic (exact) mass is 287 g/mol. The third kappa shape index (κ3) is 3.14. The summed E-state index contributed by atoms with van der Waals surface area (Å²) in [5.74, 6) is 0.922. The fraction of sp³-hybridized carbons (Fsp3) is 0.294. The first-order valence-electron chi connectivity index (χ1n) is 6.91. The predicted molar refractivity (Wildman–Crippen MR) is 82.3 cm³/mol. The molecule has 0 amide bonds. The summed E-state index contributed by atoms with van der Waals surface area (Å²) < 4.78 is 5.74. The van der Waals surface area contributed by atoms with Crippen molar-refractivity contribution in [2.75, 3.05) is 0 Å². The maximum absolute atomic E-state index is 6.32. The minimum absolute atomic E-state index is 0.164. The Hall–Kier alpha value is -1.51. The van der Waals surface area contributed by atoms with E-state index in [1.807, 2.05) is 43.3 Å². The third-order valence-electron chi connectivity index (χ3n) is 3.49. The van der Waals surface area contributed by atoms with E-state index < -0.39 is 0 Å².